The summed E-state index contributed by atoms with van der Waals surface area (Å²) in [6.45, 7) is 7.07. The SMILES string of the molecule is C[C@H](C=O)[C@H]1CC[C@H]2[C@H]3CCC4=CC(=O)CC[C@@]4(C)[C@@H]3CC[C@]12C. The molecular weight excluding hydrogens is 296 g/mol. The van der Waals surface area contributed by atoms with Crippen LogP contribution in [0.2, 0.25) is 0 Å². The van der Waals surface area contributed by atoms with Gasteiger partial charge in [0, 0.05) is 12.3 Å². The first-order valence-corrected chi connectivity index (χ1v) is 10.1. The lowest BCUT2D eigenvalue weighted by molar-refractivity contribution is -0.118. The quantitative estimate of drug-likeness (QED) is 0.671. The van der Waals surface area contributed by atoms with E-state index in [2.05, 4.69) is 20.8 Å². The van der Waals surface area contributed by atoms with Gasteiger partial charge in [-0.15, -0.1) is 0 Å². The van der Waals surface area contributed by atoms with E-state index < -0.39 is 0 Å². The zero-order valence-electron chi connectivity index (χ0n) is 15.5. The number of hydrogen-bond donors (Lipinski definition) is 0. The van der Waals surface area contributed by atoms with Crippen molar-refractivity contribution in [3.05, 3.63) is 11.6 Å². The smallest absolute Gasteiger partial charge is 0.155 e. The molecule has 0 spiro atoms. The number of aldehydes is 1. The van der Waals surface area contributed by atoms with Gasteiger partial charge in [-0.1, -0.05) is 26.3 Å². The van der Waals surface area contributed by atoms with Crippen molar-refractivity contribution in [3.63, 3.8) is 0 Å². The molecule has 0 aliphatic heterocycles. The van der Waals surface area contributed by atoms with Gasteiger partial charge >= 0.3 is 0 Å². The highest BCUT2D eigenvalue weighted by atomic mass is 16.1. The van der Waals surface area contributed by atoms with Crippen molar-refractivity contribution in [2.45, 2.75) is 72.1 Å². The van der Waals surface area contributed by atoms with Crippen molar-refractivity contribution >= 4 is 12.1 Å². The third-order valence-corrected chi connectivity index (χ3v) is 8.88. The Bertz CT molecular complexity index is 591. The largest absolute Gasteiger partial charge is 0.303 e. The summed E-state index contributed by atoms with van der Waals surface area (Å²) in [5, 5.41) is 0. The summed E-state index contributed by atoms with van der Waals surface area (Å²) in [6.07, 6.45) is 12.5. The van der Waals surface area contributed by atoms with Gasteiger partial charge in [-0.3, -0.25) is 4.79 Å². The minimum atomic E-state index is 0.207. The average molecular weight is 328 g/mol. The molecule has 3 fully saturated rings. The molecule has 0 aromatic heterocycles. The molecule has 0 saturated heterocycles. The number of ketones is 1. The van der Waals surface area contributed by atoms with E-state index in [0.717, 1.165) is 37.0 Å². The van der Waals surface area contributed by atoms with E-state index in [1.807, 2.05) is 6.08 Å². The van der Waals surface area contributed by atoms with Crippen molar-refractivity contribution < 1.29 is 9.59 Å². The van der Waals surface area contributed by atoms with Crippen LogP contribution in [0.4, 0.5) is 0 Å². The summed E-state index contributed by atoms with van der Waals surface area (Å²) in [7, 11) is 0. The first-order valence-electron chi connectivity index (χ1n) is 10.1. The third-order valence-electron chi connectivity index (χ3n) is 8.88. The van der Waals surface area contributed by atoms with Crippen LogP contribution in [0.15, 0.2) is 11.6 Å². The molecule has 0 aromatic carbocycles. The first kappa shape index (κ1) is 16.5. The zero-order chi connectivity index (χ0) is 17.1. The van der Waals surface area contributed by atoms with Crippen LogP contribution in [0.5, 0.6) is 0 Å². The molecule has 7 atom stereocenters. The highest BCUT2D eigenvalue weighted by molar-refractivity contribution is 5.91. The molecule has 4 aliphatic carbocycles. The Morgan fingerprint density at radius 1 is 1.08 bits per heavy atom. The average Bonchev–Trinajstić information content (AvgIpc) is 2.92. The van der Waals surface area contributed by atoms with Crippen LogP contribution in [-0.4, -0.2) is 12.1 Å². The fraction of sp³-hybridized carbons (Fsp3) is 0.818. The van der Waals surface area contributed by atoms with Crippen molar-refractivity contribution in [1.29, 1.82) is 0 Å². The van der Waals surface area contributed by atoms with Crippen molar-refractivity contribution in [3.8, 4) is 0 Å². The predicted molar refractivity (Wildman–Crippen MR) is 95.4 cm³/mol. The van der Waals surface area contributed by atoms with Gasteiger partial charge in [0.2, 0.25) is 0 Å². The van der Waals surface area contributed by atoms with Gasteiger partial charge in [-0.05, 0) is 85.5 Å². The van der Waals surface area contributed by atoms with E-state index in [4.69, 9.17) is 0 Å². The van der Waals surface area contributed by atoms with Crippen LogP contribution in [-0.2, 0) is 9.59 Å². The number of hydrogen-bond acceptors (Lipinski definition) is 2. The monoisotopic (exact) mass is 328 g/mol. The molecule has 0 aromatic rings. The molecule has 0 unspecified atom stereocenters. The molecule has 132 valence electrons. The minimum absolute atomic E-state index is 0.207. The fourth-order valence-corrected chi connectivity index (χ4v) is 7.56. The van der Waals surface area contributed by atoms with E-state index >= 15 is 0 Å². The lowest BCUT2D eigenvalue weighted by atomic mass is 9.46. The number of carbonyl (C=O) groups excluding carboxylic acids is 2. The second-order valence-corrected chi connectivity index (χ2v) is 9.69. The standard InChI is InChI=1S/C22H32O2/c1-14(13-23)18-6-7-19-17-5-4-15-12-16(24)8-10-21(15,2)20(17)9-11-22(18,19)3/h12-14,17-20H,4-11H2,1-3H3/t14-,17-,18-,19+,20-,21-,22-/m1/s1. The minimum Gasteiger partial charge on any atom is -0.303 e. The highest BCUT2D eigenvalue weighted by Gasteiger charge is 2.59. The van der Waals surface area contributed by atoms with Crippen molar-refractivity contribution in [2.24, 2.45) is 40.4 Å². The van der Waals surface area contributed by atoms with E-state index in [-0.39, 0.29) is 11.3 Å². The van der Waals surface area contributed by atoms with Crippen LogP contribution in [0, 0.1) is 40.4 Å². The molecule has 4 aliphatic rings. The molecule has 0 bridgehead atoms. The summed E-state index contributed by atoms with van der Waals surface area (Å²) in [5.74, 6) is 3.50. The van der Waals surface area contributed by atoms with Crippen LogP contribution >= 0.6 is 0 Å². The second kappa shape index (κ2) is 5.54. The second-order valence-electron chi connectivity index (χ2n) is 9.69. The molecular formula is C22H32O2. The summed E-state index contributed by atoms with van der Waals surface area (Å²) in [5.41, 5.74) is 2.09. The summed E-state index contributed by atoms with van der Waals surface area (Å²) in [4.78, 5) is 23.3. The Balaban J connectivity index is 1.65. The summed E-state index contributed by atoms with van der Waals surface area (Å²) < 4.78 is 0. The molecule has 0 heterocycles. The molecule has 4 rings (SSSR count). The van der Waals surface area contributed by atoms with Crippen LogP contribution in [0.25, 0.3) is 0 Å². The molecule has 0 radical (unpaired) electrons. The van der Waals surface area contributed by atoms with E-state index in [0.29, 0.717) is 17.1 Å². The van der Waals surface area contributed by atoms with Crippen LogP contribution in [0.1, 0.15) is 72.1 Å². The van der Waals surface area contributed by atoms with E-state index in [1.165, 1.54) is 44.0 Å². The Morgan fingerprint density at radius 2 is 1.88 bits per heavy atom. The van der Waals surface area contributed by atoms with Crippen molar-refractivity contribution in [1.82, 2.24) is 0 Å². The third kappa shape index (κ3) is 2.14. The normalized spacial score (nSPS) is 48.8. The maximum absolute atomic E-state index is 11.9. The first-order chi connectivity index (χ1) is 11.4. The molecule has 0 N–H and O–H groups in total. The van der Waals surface area contributed by atoms with Gasteiger partial charge in [0.15, 0.2) is 5.78 Å². The van der Waals surface area contributed by atoms with E-state index in [9.17, 15) is 9.59 Å². The van der Waals surface area contributed by atoms with Gasteiger partial charge < -0.3 is 4.79 Å². The summed E-state index contributed by atoms with van der Waals surface area (Å²) in [6, 6.07) is 0. The molecule has 2 nitrogen and oxygen atoms in total. The predicted octanol–water partition coefficient (Wildman–Crippen LogP) is 4.97. The maximum atomic E-state index is 11.9. The number of rotatable bonds is 2. The van der Waals surface area contributed by atoms with Crippen molar-refractivity contribution in [2.75, 3.05) is 0 Å². The Labute approximate surface area is 146 Å². The topological polar surface area (TPSA) is 34.1 Å². The molecule has 3 saturated carbocycles. The van der Waals surface area contributed by atoms with Gasteiger partial charge in [-0.2, -0.15) is 0 Å². The van der Waals surface area contributed by atoms with Crippen LogP contribution in [0.3, 0.4) is 0 Å². The molecule has 2 heteroatoms. The van der Waals surface area contributed by atoms with Gasteiger partial charge in [0.1, 0.15) is 6.29 Å². The maximum Gasteiger partial charge on any atom is 0.155 e. The fourth-order valence-electron chi connectivity index (χ4n) is 7.56. The number of fused-ring (bicyclic) bond motifs is 5. The zero-order valence-corrected chi connectivity index (χ0v) is 15.5. The lowest BCUT2D eigenvalue weighted by Gasteiger charge is -2.58. The van der Waals surface area contributed by atoms with Gasteiger partial charge in [-0.25, -0.2) is 0 Å². The lowest BCUT2D eigenvalue weighted by Crippen LogP contribution is -2.51. The molecule has 0 amide bonds. The van der Waals surface area contributed by atoms with E-state index in [1.54, 1.807) is 0 Å². The Hall–Kier alpha value is -0.920. The Morgan fingerprint density at radius 3 is 2.62 bits per heavy atom. The van der Waals surface area contributed by atoms with Crippen LogP contribution < -0.4 is 0 Å². The van der Waals surface area contributed by atoms with Gasteiger partial charge in [0.05, 0.1) is 0 Å². The van der Waals surface area contributed by atoms with Gasteiger partial charge in [0.25, 0.3) is 0 Å². The number of carbonyl (C=O) groups is 2. The Kier molecular flexibility index (Phi) is 3.82. The number of allylic oxidation sites excluding steroid dienone is 1. The summed E-state index contributed by atoms with van der Waals surface area (Å²) >= 11 is 0. The highest BCUT2D eigenvalue weighted by Crippen LogP contribution is 2.67. The molecule has 24 heavy (non-hydrogen) atoms.